The predicted molar refractivity (Wildman–Crippen MR) is 81.8 cm³/mol. The second kappa shape index (κ2) is 8.00. The number of alkyl carbamates (subject to hydrolysis) is 1. The van der Waals surface area contributed by atoms with Gasteiger partial charge in [-0.05, 0) is 52.8 Å². The van der Waals surface area contributed by atoms with Gasteiger partial charge < -0.3 is 15.4 Å². The molecule has 0 aromatic heterocycles. The van der Waals surface area contributed by atoms with Crippen LogP contribution in [0.3, 0.4) is 0 Å². The molecule has 19 heavy (non-hydrogen) atoms. The Labute approximate surface area is 121 Å². The highest BCUT2D eigenvalue weighted by Gasteiger charge is 2.25. The summed E-state index contributed by atoms with van der Waals surface area (Å²) in [6, 6.07) is 0.650. The molecule has 4 nitrogen and oxygen atoms in total. The highest BCUT2D eigenvalue weighted by molar-refractivity contribution is 7.99. The third-order valence-corrected chi connectivity index (χ3v) is 4.35. The fourth-order valence-electron chi connectivity index (χ4n) is 2.32. The number of rotatable bonds is 6. The zero-order valence-corrected chi connectivity index (χ0v) is 13.4. The molecule has 2 atom stereocenters. The minimum Gasteiger partial charge on any atom is -0.444 e. The Morgan fingerprint density at radius 1 is 1.32 bits per heavy atom. The molecule has 0 spiro atoms. The van der Waals surface area contributed by atoms with Crippen LogP contribution in [0.5, 0.6) is 0 Å². The number of carbonyl (C=O) groups is 1. The predicted octanol–water partition coefficient (Wildman–Crippen LogP) is 2.77. The van der Waals surface area contributed by atoms with Crippen LogP contribution in [-0.2, 0) is 4.74 Å². The molecule has 1 fully saturated rings. The first kappa shape index (κ1) is 16.6. The van der Waals surface area contributed by atoms with Gasteiger partial charge in [0, 0.05) is 17.8 Å². The lowest BCUT2D eigenvalue weighted by molar-refractivity contribution is 0.0527. The summed E-state index contributed by atoms with van der Waals surface area (Å²) >= 11 is 1.96. The fourth-order valence-corrected chi connectivity index (χ4v) is 3.29. The van der Waals surface area contributed by atoms with Crippen molar-refractivity contribution >= 4 is 17.9 Å². The molecule has 1 aliphatic carbocycles. The lowest BCUT2D eigenvalue weighted by Crippen LogP contribution is -2.37. The van der Waals surface area contributed by atoms with Crippen molar-refractivity contribution in [1.82, 2.24) is 10.6 Å². The third-order valence-electron chi connectivity index (χ3n) is 3.18. The number of amides is 1. The van der Waals surface area contributed by atoms with Crippen LogP contribution in [0.15, 0.2) is 0 Å². The maximum absolute atomic E-state index is 11.4. The average molecular weight is 288 g/mol. The van der Waals surface area contributed by atoms with E-state index in [0.29, 0.717) is 12.6 Å². The monoisotopic (exact) mass is 288 g/mol. The van der Waals surface area contributed by atoms with Gasteiger partial charge in [0.15, 0.2) is 0 Å². The largest absolute Gasteiger partial charge is 0.444 e. The van der Waals surface area contributed by atoms with Crippen molar-refractivity contribution in [2.75, 3.05) is 19.3 Å². The van der Waals surface area contributed by atoms with Gasteiger partial charge in [-0.2, -0.15) is 11.8 Å². The quantitative estimate of drug-likeness (QED) is 0.738. The number of carbonyl (C=O) groups excluding carboxylic acids is 1. The Balaban J connectivity index is 2.03. The highest BCUT2D eigenvalue weighted by Crippen LogP contribution is 2.28. The van der Waals surface area contributed by atoms with Crippen LogP contribution in [-0.4, -0.2) is 42.3 Å². The molecular weight excluding hydrogens is 260 g/mol. The molecule has 0 aromatic carbocycles. The number of hydrogen-bond donors (Lipinski definition) is 2. The van der Waals surface area contributed by atoms with Gasteiger partial charge in [-0.1, -0.05) is 6.42 Å². The first-order chi connectivity index (χ1) is 8.92. The molecule has 1 rings (SSSR count). The third kappa shape index (κ3) is 7.06. The molecule has 0 saturated heterocycles. The maximum atomic E-state index is 11.4. The van der Waals surface area contributed by atoms with Crippen molar-refractivity contribution in [2.24, 2.45) is 0 Å². The van der Waals surface area contributed by atoms with E-state index in [-0.39, 0.29) is 6.09 Å². The lowest BCUT2D eigenvalue weighted by atomic mass is 10.2. The molecule has 0 bridgehead atoms. The van der Waals surface area contributed by atoms with E-state index in [4.69, 9.17) is 4.74 Å². The number of ether oxygens (including phenoxy) is 1. The summed E-state index contributed by atoms with van der Waals surface area (Å²) in [6.45, 7) is 7.24. The van der Waals surface area contributed by atoms with E-state index in [9.17, 15) is 4.79 Å². The zero-order valence-electron chi connectivity index (χ0n) is 12.6. The van der Waals surface area contributed by atoms with Gasteiger partial charge in [0.2, 0.25) is 0 Å². The molecule has 0 aromatic rings. The molecule has 1 amide bonds. The van der Waals surface area contributed by atoms with Crippen LogP contribution in [0.1, 0.15) is 46.5 Å². The van der Waals surface area contributed by atoms with Crippen molar-refractivity contribution in [2.45, 2.75) is 63.3 Å². The Kier molecular flexibility index (Phi) is 7.00. The summed E-state index contributed by atoms with van der Waals surface area (Å²) < 4.78 is 5.18. The van der Waals surface area contributed by atoms with Crippen LogP contribution in [0, 0.1) is 0 Å². The minimum atomic E-state index is -0.419. The maximum Gasteiger partial charge on any atom is 0.407 e. The first-order valence-corrected chi connectivity index (χ1v) is 8.44. The van der Waals surface area contributed by atoms with Crippen LogP contribution in [0.25, 0.3) is 0 Å². The molecule has 0 radical (unpaired) electrons. The normalized spacial score (nSPS) is 23.4. The molecule has 1 saturated carbocycles. The molecule has 2 N–H and O–H groups in total. The highest BCUT2D eigenvalue weighted by atomic mass is 32.2. The average Bonchev–Trinajstić information content (AvgIpc) is 2.73. The molecule has 112 valence electrons. The molecule has 5 heteroatoms. The first-order valence-electron chi connectivity index (χ1n) is 7.15. The summed E-state index contributed by atoms with van der Waals surface area (Å²) in [5, 5.41) is 7.14. The Hall–Kier alpha value is -0.420. The molecule has 0 heterocycles. The van der Waals surface area contributed by atoms with Gasteiger partial charge in [-0.3, -0.25) is 0 Å². The topological polar surface area (TPSA) is 50.4 Å². The zero-order chi connectivity index (χ0) is 14.3. The van der Waals surface area contributed by atoms with Crippen molar-refractivity contribution in [3.05, 3.63) is 0 Å². The van der Waals surface area contributed by atoms with Gasteiger partial charge in [-0.15, -0.1) is 0 Å². The smallest absolute Gasteiger partial charge is 0.407 e. The van der Waals surface area contributed by atoms with Gasteiger partial charge in [0.25, 0.3) is 0 Å². The minimum absolute atomic E-state index is 0.324. The van der Waals surface area contributed by atoms with Crippen LogP contribution in [0.4, 0.5) is 4.79 Å². The molecular formula is C14H28N2O2S. The number of nitrogens with one attached hydrogen (secondary N) is 2. The SMILES string of the molecule is CSC1CCCC1NCCCNC(=O)OC(C)(C)C. The van der Waals surface area contributed by atoms with Crippen LogP contribution >= 0.6 is 11.8 Å². The molecule has 2 unspecified atom stereocenters. The van der Waals surface area contributed by atoms with E-state index in [2.05, 4.69) is 16.9 Å². The summed E-state index contributed by atoms with van der Waals surface area (Å²) in [6.07, 6.45) is 6.75. The van der Waals surface area contributed by atoms with E-state index in [1.165, 1.54) is 19.3 Å². The van der Waals surface area contributed by atoms with Crippen LogP contribution < -0.4 is 10.6 Å². The van der Waals surface area contributed by atoms with Crippen molar-refractivity contribution in [1.29, 1.82) is 0 Å². The van der Waals surface area contributed by atoms with E-state index >= 15 is 0 Å². The van der Waals surface area contributed by atoms with Gasteiger partial charge in [0.05, 0.1) is 0 Å². The van der Waals surface area contributed by atoms with Gasteiger partial charge in [-0.25, -0.2) is 4.79 Å². The standard InChI is InChI=1S/C14H28N2O2S/c1-14(2,3)18-13(17)16-10-6-9-15-11-7-5-8-12(11)19-4/h11-12,15H,5-10H2,1-4H3,(H,16,17). The van der Waals surface area contributed by atoms with E-state index in [1.54, 1.807) is 0 Å². The summed E-state index contributed by atoms with van der Waals surface area (Å²) in [5.41, 5.74) is -0.419. The second-order valence-corrected chi connectivity index (χ2v) is 7.12. The van der Waals surface area contributed by atoms with Crippen molar-refractivity contribution < 1.29 is 9.53 Å². The fraction of sp³-hybridized carbons (Fsp3) is 0.929. The van der Waals surface area contributed by atoms with Gasteiger partial charge in [0.1, 0.15) is 5.60 Å². The lowest BCUT2D eigenvalue weighted by Gasteiger charge is -2.20. The Bertz CT molecular complexity index is 279. The Morgan fingerprint density at radius 3 is 2.68 bits per heavy atom. The van der Waals surface area contributed by atoms with E-state index in [0.717, 1.165) is 18.2 Å². The number of hydrogen-bond acceptors (Lipinski definition) is 4. The van der Waals surface area contributed by atoms with Crippen molar-refractivity contribution in [3.8, 4) is 0 Å². The number of thioether (sulfide) groups is 1. The van der Waals surface area contributed by atoms with E-state index in [1.807, 2.05) is 32.5 Å². The summed E-state index contributed by atoms with van der Waals surface area (Å²) in [4.78, 5) is 11.4. The van der Waals surface area contributed by atoms with Crippen LogP contribution in [0.2, 0.25) is 0 Å². The molecule has 0 aliphatic heterocycles. The van der Waals surface area contributed by atoms with Gasteiger partial charge >= 0.3 is 6.09 Å². The summed E-state index contributed by atoms with van der Waals surface area (Å²) in [5.74, 6) is 0. The second-order valence-electron chi connectivity index (χ2n) is 6.05. The summed E-state index contributed by atoms with van der Waals surface area (Å²) in [7, 11) is 0. The Morgan fingerprint density at radius 2 is 2.05 bits per heavy atom. The van der Waals surface area contributed by atoms with E-state index < -0.39 is 5.60 Å². The molecule has 1 aliphatic rings. The van der Waals surface area contributed by atoms with Crippen molar-refractivity contribution in [3.63, 3.8) is 0 Å².